The fourth-order valence-corrected chi connectivity index (χ4v) is 6.07. The maximum absolute atomic E-state index is 5.46. The lowest BCUT2D eigenvalue weighted by atomic mass is 9.76. The predicted octanol–water partition coefficient (Wildman–Crippen LogP) is 9.13. The number of aromatic nitrogens is 2. The van der Waals surface area contributed by atoms with Crippen molar-refractivity contribution in [2.75, 3.05) is 0 Å². The monoisotopic (exact) mass is 554 g/mol. The molecular formula is C35H27BrN2. The molecule has 6 aromatic rings. The van der Waals surface area contributed by atoms with Crippen molar-refractivity contribution in [2.45, 2.75) is 12.5 Å². The number of halogens is 1. The Bertz CT molecular complexity index is 1560. The van der Waals surface area contributed by atoms with E-state index in [1.165, 1.54) is 5.56 Å². The molecule has 0 fully saturated rings. The molecule has 0 N–H and O–H groups in total. The lowest BCUT2D eigenvalue weighted by Gasteiger charge is -2.37. The Morgan fingerprint density at radius 2 is 1.00 bits per heavy atom. The average Bonchev–Trinajstić information content (AvgIpc) is 3.33. The molecule has 0 radical (unpaired) electrons. The highest BCUT2D eigenvalue weighted by Gasteiger charge is 2.42. The molecule has 0 aliphatic heterocycles. The SMILES string of the molecule is Cc1cccc(-c2c(Br)c(-c3ccccc3)nn2C(c2ccccc2)(c2ccccc2)c2ccccc2)c1. The number of hydrogen-bond acceptors (Lipinski definition) is 1. The predicted molar refractivity (Wildman–Crippen MR) is 160 cm³/mol. The van der Waals surface area contributed by atoms with Crippen LogP contribution in [0.5, 0.6) is 0 Å². The molecule has 6 rings (SSSR count). The van der Waals surface area contributed by atoms with E-state index >= 15 is 0 Å². The van der Waals surface area contributed by atoms with Crippen molar-refractivity contribution in [3.63, 3.8) is 0 Å². The quantitative estimate of drug-likeness (QED) is 0.188. The average molecular weight is 556 g/mol. The van der Waals surface area contributed by atoms with Crippen LogP contribution in [0.2, 0.25) is 0 Å². The van der Waals surface area contributed by atoms with Gasteiger partial charge in [-0.1, -0.05) is 145 Å². The molecule has 0 spiro atoms. The largest absolute Gasteiger partial charge is 0.243 e. The fraction of sp³-hybridized carbons (Fsp3) is 0.0571. The molecule has 0 saturated heterocycles. The minimum Gasteiger partial charge on any atom is -0.243 e. The molecule has 5 aromatic carbocycles. The molecule has 1 heterocycles. The Balaban J connectivity index is 1.81. The number of rotatable bonds is 6. The molecule has 184 valence electrons. The molecule has 0 aliphatic rings. The van der Waals surface area contributed by atoms with Gasteiger partial charge in [0, 0.05) is 11.1 Å². The Morgan fingerprint density at radius 1 is 0.553 bits per heavy atom. The van der Waals surface area contributed by atoms with Gasteiger partial charge in [-0.2, -0.15) is 5.10 Å². The van der Waals surface area contributed by atoms with E-state index in [0.29, 0.717) is 0 Å². The van der Waals surface area contributed by atoms with Crippen LogP contribution in [0, 0.1) is 6.92 Å². The zero-order valence-corrected chi connectivity index (χ0v) is 22.7. The maximum atomic E-state index is 5.46. The summed E-state index contributed by atoms with van der Waals surface area (Å²) in [5.41, 5.74) is 8.02. The highest BCUT2D eigenvalue weighted by atomic mass is 79.9. The Kier molecular flexibility index (Phi) is 6.53. The van der Waals surface area contributed by atoms with E-state index < -0.39 is 5.54 Å². The number of aryl methyl sites for hydroxylation is 1. The van der Waals surface area contributed by atoms with Crippen molar-refractivity contribution < 1.29 is 0 Å². The zero-order valence-electron chi connectivity index (χ0n) is 21.1. The summed E-state index contributed by atoms with van der Waals surface area (Å²) in [5.74, 6) is 0. The second-order valence-corrected chi connectivity index (χ2v) is 10.3. The lowest BCUT2D eigenvalue weighted by molar-refractivity contribution is 0.466. The van der Waals surface area contributed by atoms with Crippen molar-refractivity contribution in [3.05, 3.63) is 172 Å². The van der Waals surface area contributed by atoms with Crippen LogP contribution in [0.3, 0.4) is 0 Å². The van der Waals surface area contributed by atoms with Gasteiger partial charge in [-0.15, -0.1) is 0 Å². The summed E-state index contributed by atoms with van der Waals surface area (Å²) < 4.78 is 3.20. The van der Waals surface area contributed by atoms with E-state index in [-0.39, 0.29) is 0 Å². The Hall–Kier alpha value is -4.21. The first-order chi connectivity index (χ1) is 18.7. The van der Waals surface area contributed by atoms with E-state index in [1.54, 1.807) is 0 Å². The van der Waals surface area contributed by atoms with Crippen molar-refractivity contribution in [2.24, 2.45) is 0 Å². The fourth-order valence-electron chi connectivity index (χ4n) is 5.37. The van der Waals surface area contributed by atoms with Crippen LogP contribution in [-0.2, 0) is 5.54 Å². The Morgan fingerprint density at radius 3 is 1.47 bits per heavy atom. The van der Waals surface area contributed by atoms with Crippen LogP contribution in [0.15, 0.2) is 150 Å². The van der Waals surface area contributed by atoms with Crippen LogP contribution in [-0.4, -0.2) is 9.78 Å². The molecule has 0 atom stereocenters. The molecule has 38 heavy (non-hydrogen) atoms. The van der Waals surface area contributed by atoms with Gasteiger partial charge in [-0.3, -0.25) is 0 Å². The smallest absolute Gasteiger partial charge is 0.138 e. The molecular weight excluding hydrogens is 528 g/mol. The molecule has 0 unspecified atom stereocenters. The normalized spacial score (nSPS) is 11.4. The zero-order chi connectivity index (χ0) is 26.0. The Labute approximate surface area is 232 Å². The molecule has 1 aromatic heterocycles. The van der Waals surface area contributed by atoms with E-state index in [0.717, 1.165) is 43.7 Å². The first kappa shape index (κ1) is 24.1. The number of hydrogen-bond donors (Lipinski definition) is 0. The summed E-state index contributed by atoms with van der Waals surface area (Å²) in [7, 11) is 0. The summed E-state index contributed by atoms with van der Waals surface area (Å²) in [6, 6.07) is 51.2. The van der Waals surface area contributed by atoms with E-state index in [2.05, 4.69) is 167 Å². The third-order valence-electron chi connectivity index (χ3n) is 7.06. The van der Waals surface area contributed by atoms with Crippen LogP contribution < -0.4 is 0 Å². The highest BCUT2D eigenvalue weighted by molar-refractivity contribution is 9.10. The number of nitrogens with zero attached hydrogens (tertiary/aromatic N) is 2. The van der Waals surface area contributed by atoms with Crippen molar-refractivity contribution in [3.8, 4) is 22.5 Å². The van der Waals surface area contributed by atoms with Gasteiger partial charge in [0.2, 0.25) is 0 Å². The summed E-state index contributed by atoms with van der Waals surface area (Å²) >= 11 is 4.03. The van der Waals surface area contributed by atoms with Crippen LogP contribution >= 0.6 is 15.9 Å². The summed E-state index contributed by atoms with van der Waals surface area (Å²) in [4.78, 5) is 0. The van der Waals surface area contributed by atoms with Crippen molar-refractivity contribution in [1.82, 2.24) is 9.78 Å². The van der Waals surface area contributed by atoms with E-state index in [4.69, 9.17) is 5.10 Å². The van der Waals surface area contributed by atoms with Gasteiger partial charge in [0.25, 0.3) is 0 Å². The summed E-state index contributed by atoms with van der Waals surface area (Å²) in [6.07, 6.45) is 0. The maximum Gasteiger partial charge on any atom is 0.138 e. The van der Waals surface area contributed by atoms with Crippen molar-refractivity contribution >= 4 is 15.9 Å². The second-order valence-electron chi connectivity index (χ2n) is 9.47. The standard InChI is InChI=1S/C35H27BrN2/c1-26-15-14-18-28(25-26)34-32(36)33(27-16-6-2-7-17-27)37-38(34)35(29-19-8-3-9-20-29,30-21-10-4-11-22-30)31-23-12-5-13-24-31/h2-25H,1H3. The summed E-state index contributed by atoms with van der Waals surface area (Å²) in [5, 5.41) is 5.46. The molecule has 0 saturated carbocycles. The van der Waals surface area contributed by atoms with Gasteiger partial charge in [0.05, 0.1) is 10.2 Å². The molecule has 0 bridgehead atoms. The van der Waals surface area contributed by atoms with Gasteiger partial charge >= 0.3 is 0 Å². The first-order valence-corrected chi connectivity index (χ1v) is 13.6. The lowest BCUT2D eigenvalue weighted by Crippen LogP contribution is -2.39. The second kappa shape index (κ2) is 10.3. The van der Waals surface area contributed by atoms with E-state index in [1.807, 2.05) is 6.07 Å². The van der Waals surface area contributed by atoms with Crippen LogP contribution in [0.25, 0.3) is 22.5 Å². The first-order valence-electron chi connectivity index (χ1n) is 12.8. The topological polar surface area (TPSA) is 17.8 Å². The molecule has 2 nitrogen and oxygen atoms in total. The molecule has 3 heteroatoms. The molecule has 0 aliphatic carbocycles. The minimum atomic E-state index is -0.724. The third kappa shape index (κ3) is 4.09. The molecule has 0 amide bonds. The third-order valence-corrected chi connectivity index (χ3v) is 7.81. The van der Waals surface area contributed by atoms with Crippen molar-refractivity contribution in [1.29, 1.82) is 0 Å². The van der Waals surface area contributed by atoms with Gasteiger partial charge < -0.3 is 0 Å². The van der Waals surface area contributed by atoms with Gasteiger partial charge in [0.15, 0.2) is 0 Å². The van der Waals surface area contributed by atoms with Gasteiger partial charge in [-0.25, -0.2) is 4.68 Å². The van der Waals surface area contributed by atoms with Crippen LogP contribution in [0.1, 0.15) is 22.3 Å². The number of benzene rings is 5. The van der Waals surface area contributed by atoms with E-state index in [9.17, 15) is 0 Å². The van der Waals surface area contributed by atoms with Gasteiger partial charge in [-0.05, 0) is 45.6 Å². The highest BCUT2D eigenvalue weighted by Crippen LogP contribution is 2.47. The summed E-state index contributed by atoms with van der Waals surface area (Å²) in [6.45, 7) is 2.13. The van der Waals surface area contributed by atoms with Gasteiger partial charge in [0.1, 0.15) is 11.2 Å². The van der Waals surface area contributed by atoms with Crippen LogP contribution in [0.4, 0.5) is 0 Å². The minimum absolute atomic E-state index is 0.724.